The van der Waals surface area contributed by atoms with Crippen LogP contribution in [0.5, 0.6) is 0 Å². The highest BCUT2D eigenvalue weighted by Gasteiger charge is 2.33. The van der Waals surface area contributed by atoms with Crippen LogP contribution in [0.3, 0.4) is 0 Å². The van der Waals surface area contributed by atoms with Crippen LogP contribution >= 0.6 is 27.5 Å². The van der Waals surface area contributed by atoms with E-state index in [1.54, 1.807) is 12.1 Å². The van der Waals surface area contributed by atoms with E-state index < -0.39 is 0 Å². The molecule has 1 fully saturated rings. The molecule has 0 saturated carbocycles. The molecule has 0 atom stereocenters. The van der Waals surface area contributed by atoms with Crippen LogP contribution < -0.4 is 10.6 Å². The fourth-order valence-corrected chi connectivity index (χ4v) is 2.12. The summed E-state index contributed by atoms with van der Waals surface area (Å²) in [5, 5.41) is 6.34. The fraction of sp³-hybridized carbons (Fsp3) is 0.417. The molecule has 1 aromatic carbocycles. The van der Waals surface area contributed by atoms with Gasteiger partial charge in [0.1, 0.15) is 6.61 Å². The van der Waals surface area contributed by atoms with E-state index in [1.165, 1.54) is 0 Å². The molecule has 18 heavy (non-hydrogen) atoms. The number of nitrogens with one attached hydrogen (secondary N) is 2. The minimum Gasteiger partial charge on any atom is -0.363 e. The van der Waals surface area contributed by atoms with E-state index in [2.05, 4.69) is 26.6 Å². The fourth-order valence-electron chi connectivity index (χ4n) is 1.60. The molecule has 1 amide bonds. The number of rotatable bonds is 4. The van der Waals surface area contributed by atoms with Crippen molar-refractivity contribution in [3.8, 4) is 0 Å². The van der Waals surface area contributed by atoms with Gasteiger partial charge in [-0.25, -0.2) is 0 Å². The zero-order chi connectivity index (χ0) is 13.2. The lowest BCUT2D eigenvalue weighted by molar-refractivity contribution is -0.130. The molecule has 6 heteroatoms. The van der Waals surface area contributed by atoms with E-state index in [9.17, 15) is 4.79 Å². The van der Waals surface area contributed by atoms with E-state index >= 15 is 0 Å². The lowest BCUT2D eigenvalue weighted by atomic mass is 10.0. The van der Waals surface area contributed by atoms with Gasteiger partial charge in [-0.2, -0.15) is 0 Å². The molecule has 0 radical (unpaired) electrons. The van der Waals surface area contributed by atoms with Crippen LogP contribution in [0.2, 0.25) is 5.02 Å². The van der Waals surface area contributed by atoms with Crippen LogP contribution in [0.1, 0.15) is 6.92 Å². The maximum absolute atomic E-state index is 11.7. The molecular formula is C12H14BrClN2O2. The summed E-state index contributed by atoms with van der Waals surface area (Å²) in [5.74, 6) is -0.205. The van der Waals surface area contributed by atoms with Crippen molar-refractivity contribution in [2.24, 2.45) is 0 Å². The number of ether oxygens (including phenoxy) is 1. The summed E-state index contributed by atoms with van der Waals surface area (Å²) < 4.78 is 6.40. The Bertz CT molecular complexity index is 463. The highest BCUT2D eigenvalue weighted by Crippen LogP contribution is 2.25. The molecule has 1 heterocycles. The Hall–Kier alpha value is -0.620. The molecule has 1 aliphatic heterocycles. The number of hydrogen-bond acceptors (Lipinski definition) is 3. The second kappa shape index (κ2) is 5.57. The summed E-state index contributed by atoms with van der Waals surface area (Å²) in [6, 6.07) is 5.29. The third-order valence-corrected chi connectivity index (χ3v) is 3.57. The van der Waals surface area contributed by atoms with Crippen molar-refractivity contribution >= 4 is 39.1 Å². The summed E-state index contributed by atoms with van der Waals surface area (Å²) in [6.07, 6.45) is 0. The van der Waals surface area contributed by atoms with Crippen molar-refractivity contribution in [2.45, 2.75) is 12.5 Å². The number of carbonyl (C=O) groups is 1. The predicted molar refractivity (Wildman–Crippen MR) is 75.0 cm³/mol. The SMILES string of the molecule is CC1(OCC(=O)Nc2cc(Br)ccc2Cl)CNC1. The molecule has 4 nitrogen and oxygen atoms in total. The topological polar surface area (TPSA) is 50.4 Å². The van der Waals surface area contributed by atoms with Crippen LogP contribution in [0.25, 0.3) is 0 Å². The second-order valence-corrected chi connectivity index (χ2v) is 5.84. The van der Waals surface area contributed by atoms with Gasteiger partial charge in [-0.1, -0.05) is 27.5 Å². The largest absolute Gasteiger partial charge is 0.363 e. The van der Waals surface area contributed by atoms with Crippen molar-refractivity contribution < 1.29 is 9.53 Å². The third kappa shape index (κ3) is 3.45. The lowest BCUT2D eigenvalue weighted by Crippen LogP contribution is -2.59. The van der Waals surface area contributed by atoms with Crippen LogP contribution in [0.4, 0.5) is 5.69 Å². The minimum absolute atomic E-state index is 0.0288. The lowest BCUT2D eigenvalue weighted by Gasteiger charge is -2.38. The number of amides is 1. The highest BCUT2D eigenvalue weighted by atomic mass is 79.9. The van der Waals surface area contributed by atoms with E-state index in [-0.39, 0.29) is 18.1 Å². The van der Waals surface area contributed by atoms with Gasteiger partial charge in [-0.3, -0.25) is 4.79 Å². The molecule has 0 bridgehead atoms. The van der Waals surface area contributed by atoms with Crippen molar-refractivity contribution in [2.75, 3.05) is 25.0 Å². The van der Waals surface area contributed by atoms with E-state index in [0.717, 1.165) is 17.6 Å². The molecule has 0 spiro atoms. The quantitative estimate of drug-likeness (QED) is 0.890. The van der Waals surface area contributed by atoms with Crippen molar-refractivity contribution in [1.82, 2.24) is 5.32 Å². The van der Waals surface area contributed by atoms with Crippen LogP contribution in [0, 0.1) is 0 Å². The molecule has 0 unspecified atom stereocenters. The van der Waals surface area contributed by atoms with Gasteiger partial charge in [-0.05, 0) is 25.1 Å². The zero-order valence-electron chi connectivity index (χ0n) is 9.93. The van der Waals surface area contributed by atoms with E-state index in [1.807, 2.05) is 13.0 Å². The summed E-state index contributed by atoms with van der Waals surface area (Å²) >= 11 is 9.31. The first-order valence-electron chi connectivity index (χ1n) is 5.58. The van der Waals surface area contributed by atoms with Gasteiger partial charge in [-0.15, -0.1) is 0 Å². The molecular weight excluding hydrogens is 320 g/mol. The Morgan fingerprint density at radius 3 is 2.94 bits per heavy atom. The van der Waals surface area contributed by atoms with Crippen molar-refractivity contribution in [3.05, 3.63) is 27.7 Å². The average Bonchev–Trinajstić information content (AvgIpc) is 2.29. The third-order valence-electron chi connectivity index (χ3n) is 2.75. The Labute approximate surface area is 119 Å². The Morgan fingerprint density at radius 1 is 1.61 bits per heavy atom. The van der Waals surface area contributed by atoms with Crippen LogP contribution in [-0.4, -0.2) is 31.2 Å². The second-order valence-electron chi connectivity index (χ2n) is 4.51. The maximum atomic E-state index is 11.7. The van der Waals surface area contributed by atoms with Crippen LogP contribution in [-0.2, 0) is 9.53 Å². The summed E-state index contributed by atoms with van der Waals surface area (Å²) in [7, 11) is 0. The Kier molecular flexibility index (Phi) is 4.27. The number of anilines is 1. The number of hydrogen-bond donors (Lipinski definition) is 2. The minimum atomic E-state index is -0.224. The van der Waals surface area contributed by atoms with Gasteiger partial charge in [0, 0.05) is 17.6 Å². The monoisotopic (exact) mass is 332 g/mol. The van der Waals surface area contributed by atoms with Crippen molar-refractivity contribution in [1.29, 1.82) is 0 Å². The standard InChI is InChI=1S/C12H14BrClN2O2/c1-12(6-15-7-12)18-5-11(17)16-10-4-8(13)2-3-9(10)14/h2-4,15H,5-7H2,1H3,(H,16,17). The van der Waals surface area contributed by atoms with Crippen LogP contribution in [0.15, 0.2) is 22.7 Å². The van der Waals surface area contributed by atoms with Gasteiger partial charge in [0.25, 0.3) is 0 Å². The highest BCUT2D eigenvalue weighted by molar-refractivity contribution is 9.10. The average molecular weight is 334 g/mol. The van der Waals surface area contributed by atoms with Gasteiger partial charge in [0.2, 0.25) is 5.91 Å². The molecule has 1 saturated heterocycles. The molecule has 0 aromatic heterocycles. The van der Waals surface area contributed by atoms with E-state index in [4.69, 9.17) is 16.3 Å². The first-order chi connectivity index (χ1) is 8.48. The van der Waals surface area contributed by atoms with Gasteiger partial charge in [0.05, 0.1) is 16.3 Å². The molecule has 1 aromatic rings. The Balaban J connectivity index is 1.88. The normalized spacial score (nSPS) is 17.1. The molecule has 1 aliphatic rings. The maximum Gasteiger partial charge on any atom is 0.250 e. The summed E-state index contributed by atoms with van der Waals surface area (Å²) in [4.78, 5) is 11.7. The zero-order valence-corrected chi connectivity index (χ0v) is 12.3. The first kappa shape index (κ1) is 13.8. The summed E-state index contributed by atoms with van der Waals surface area (Å²) in [6.45, 7) is 3.56. The molecule has 98 valence electrons. The van der Waals surface area contributed by atoms with Crippen molar-refractivity contribution in [3.63, 3.8) is 0 Å². The summed E-state index contributed by atoms with van der Waals surface area (Å²) in [5.41, 5.74) is 0.356. The van der Waals surface area contributed by atoms with E-state index in [0.29, 0.717) is 10.7 Å². The number of carbonyl (C=O) groups excluding carboxylic acids is 1. The molecule has 2 rings (SSSR count). The van der Waals surface area contributed by atoms with Gasteiger partial charge >= 0.3 is 0 Å². The van der Waals surface area contributed by atoms with Gasteiger partial charge in [0.15, 0.2) is 0 Å². The number of halogens is 2. The van der Waals surface area contributed by atoms with Gasteiger partial charge < -0.3 is 15.4 Å². The molecule has 0 aliphatic carbocycles. The Morgan fingerprint density at radius 2 is 2.33 bits per heavy atom. The smallest absolute Gasteiger partial charge is 0.250 e. The number of benzene rings is 1. The molecule has 2 N–H and O–H groups in total. The first-order valence-corrected chi connectivity index (χ1v) is 6.75. The predicted octanol–water partition coefficient (Wildman–Crippen LogP) is 2.42.